The first-order valence-corrected chi connectivity index (χ1v) is 12.5. The minimum absolute atomic E-state index is 0.0680. The van der Waals surface area contributed by atoms with Gasteiger partial charge in [-0.05, 0) is 69.9 Å². The second-order valence-corrected chi connectivity index (χ2v) is 9.20. The van der Waals surface area contributed by atoms with Crippen LogP contribution in [0.5, 0.6) is 5.75 Å². The number of aromatic nitrogens is 4. The molecule has 0 fully saturated rings. The molecular formula is C27H33FN8O2. The molecule has 0 radical (unpaired) electrons. The first-order chi connectivity index (χ1) is 18.3. The van der Waals surface area contributed by atoms with Gasteiger partial charge in [-0.15, -0.1) is 0 Å². The van der Waals surface area contributed by atoms with Crippen LogP contribution in [0.15, 0.2) is 48.7 Å². The van der Waals surface area contributed by atoms with E-state index in [2.05, 4.69) is 35.7 Å². The predicted molar refractivity (Wildman–Crippen MR) is 148 cm³/mol. The van der Waals surface area contributed by atoms with Crippen LogP contribution in [0.4, 0.5) is 27.7 Å². The van der Waals surface area contributed by atoms with E-state index in [1.807, 2.05) is 57.2 Å². The molecule has 38 heavy (non-hydrogen) atoms. The topological polar surface area (TPSA) is 111 Å². The summed E-state index contributed by atoms with van der Waals surface area (Å²) in [5.74, 6) is 0.885. The van der Waals surface area contributed by atoms with E-state index in [9.17, 15) is 9.18 Å². The molecule has 4 aromatic rings. The molecule has 11 heteroatoms. The molecule has 2 aromatic heterocycles. The minimum Gasteiger partial charge on any atom is -0.494 e. The number of halogens is 1. The van der Waals surface area contributed by atoms with Gasteiger partial charge < -0.3 is 25.2 Å². The van der Waals surface area contributed by atoms with E-state index in [1.165, 1.54) is 0 Å². The Morgan fingerprint density at radius 3 is 2.61 bits per heavy atom. The minimum atomic E-state index is -0.563. The molecule has 4 rings (SSSR count). The van der Waals surface area contributed by atoms with E-state index in [-0.39, 0.29) is 18.1 Å². The van der Waals surface area contributed by atoms with Gasteiger partial charge in [0.15, 0.2) is 17.5 Å². The molecule has 0 unspecified atom stereocenters. The van der Waals surface area contributed by atoms with Crippen molar-refractivity contribution in [1.82, 2.24) is 25.1 Å². The normalized spacial score (nSPS) is 11.1. The van der Waals surface area contributed by atoms with Crippen molar-refractivity contribution >= 4 is 40.1 Å². The van der Waals surface area contributed by atoms with Gasteiger partial charge in [-0.1, -0.05) is 12.1 Å². The monoisotopic (exact) mass is 520 g/mol. The average Bonchev–Trinajstić information content (AvgIpc) is 3.28. The lowest BCUT2D eigenvalue weighted by molar-refractivity contribution is -0.115. The lowest BCUT2D eigenvalue weighted by Gasteiger charge is -2.19. The second-order valence-electron chi connectivity index (χ2n) is 9.20. The molecular weight excluding hydrogens is 487 g/mol. The Balaban J connectivity index is 1.45. The second kappa shape index (κ2) is 12.3. The van der Waals surface area contributed by atoms with Crippen molar-refractivity contribution in [3.8, 4) is 5.75 Å². The molecule has 200 valence electrons. The van der Waals surface area contributed by atoms with E-state index in [4.69, 9.17) is 4.74 Å². The largest absolute Gasteiger partial charge is 0.494 e. The van der Waals surface area contributed by atoms with E-state index in [1.54, 1.807) is 18.2 Å². The van der Waals surface area contributed by atoms with Crippen molar-refractivity contribution < 1.29 is 13.9 Å². The van der Waals surface area contributed by atoms with Gasteiger partial charge in [-0.2, -0.15) is 10.1 Å². The van der Waals surface area contributed by atoms with Crippen LogP contribution >= 0.6 is 0 Å². The van der Waals surface area contributed by atoms with E-state index in [0.717, 1.165) is 42.5 Å². The highest BCUT2D eigenvalue weighted by Crippen LogP contribution is 2.27. The summed E-state index contributed by atoms with van der Waals surface area (Å²) in [6, 6.07) is 12.8. The van der Waals surface area contributed by atoms with E-state index >= 15 is 0 Å². The molecule has 0 spiro atoms. The van der Waals surface area contributed by atoms with Crippen molar-refractivity contribution in [2.24, 2.45) is 0 Å². The van der Waals surface area contributed by atoms with Gasteiger partial charge in [-0.3, -0.25) is 9.89 Å². The molecule has 10 nitrogen and oxygen atoms in total. The molecule has 0 aliphatic rings. The molecule has 2 aromatic carbocycles. The van der Waals surface area contributed by atoms with Crippen molar-refractivity contribution in [2.75, 3.05) is 56.4 Å². The van der Waals surface area contributed by atoms with Crippen molar-refractivity contribution in [3.05, 3.63) is 60.0 Å². The van der Waals surface area contributed by atoms with Crippen LogP contribution in [-0.2, 0) is 11.2 Å². The number of aromatic amines is 1. The van der Waals surface area contributed by atoms with Crippen LogP contribution in [0.25, 0.3) is 10.9 Å². The first kappa shape index (κ1) is 26.8. The molecule has 2 heterocycles. The van der Waals surface area contributed by atoms with Gasteiger partial charge in [0.25, 0.3) is 0 Å². The number of amides is 1. The number of benzene rings is 2. The standard InChI is InChI=1S/C27H33FN8O2/c1-5-38-20-10-7-18(8-11-20)15-24(37)31-25-21-16-19(9-12-23(21)33-34-25)30-26-22(28)17-29-27(32-26)36(4)14-6-13-35(2)3/h7-12,16-17H,5-6,13-15H2,1-4H3,(H,29,30,32)(H2,31,33,34,37). The number of hydrogen-bond acceptors (Lipinski definition) is 8. The number of nitrogens with one attached hydrogen (secondary N) is 3. The van der Waals surface area contributed by atoms with Gasteiger partial charge in [0, 0.05) is 24.7 Å². The fraction of sp³-hybridized carbons (Fsp3) is 0.333. The zero-order valence-corrected chi connectivity index (χ0v) is 22.1. The van der Waals surface area contributed by atoms with Crippen molar-refractivity contribution in [2.45, 2.75) is 19.8 Å². The highest BCUT2D eigenvalue weighted by molar-refractivity contribution is 6.01. The Morgan fingerprint density at radius 2 is 1.87 bits per heavy atom. The quantitative estimate of drug-likeness (QED) is 0.255. The Morgan fingerprint density at radius 1 is 1.08 bits per heavy atom. The molecule has 0 bridgehead atoms. The summed E-state index contributed by atoms with van der Waals surface area (Å²) in [5.41, 5.74) is 2.19. The van der Waals surface area contributed by atoms with Crippen molar-refractivity contribution in [3.63, 3.8) is 0 Å². The van der Waals surface area contributed by atoms with Gasteiger partial charge >= 0.3 is 0 Å². The summed E-state index contributed by atoms with van der Waals surface area (Å²) >= 11 is 0. The number of fused-ring (bicyclic) bond motifs is 1. The maximum absolute atomic E-state index is 14.6. The molecule has 3 N–H and O–H groups in total. The fourth-order valence-corrected chi connectivity index (χ4v) is 3.91. The number of nitrogens with zero attached hydrogens (tertiary/aromatic N) is 5. The summed E-state index contributed by atoms with van der Waals surface area (Å²) < 4.78 is 20.0. The molecule has 0 saturated carbocycles. The van der Waals surface area contributed by atoms with Crippen LogP contribution in [0, 0.1) is 5.82 Å². The van der Waals surface area contributed by atoms with Crippen molar-refractivity contribution in [1.29, 1.82) is 0 Å². The zero-order valence-electron chi connectivity index (χ0n) is 22.1. The van der Waals surface area contributed by atoms with Crippen LogP contribution in [-0.4, -0.2) is 71.8 Å². The lowest BCUT2D eigenvalue weighted by atomic mass is 10.1. The lowest BCUT2D eigenvalue weighted by Crippen LogP contribution is -2.25. The van der Waals surface area contributed by atoms with Gasteiger partial charge in [0.2, 0.25) is 11.9 Å². The first-order valence-electron chi connectivity index (χ1n) is 12.5. The highest BCUT2D eigenvalue weighted by Gasteiger charge is 2.14. The van der Waals surface area contributed by atoms with Crippen LogP contribution in [0.1, 0.15) is 18.9 Å². The number of carbonyl (C=O) groups excluding carboxylic acids is 1. The Kier molecular flexibility index (Phi) is 8.70. The van der Waals surface area contributed by atoms with E-state index < -0.39 is 5.82 Å². The van der Waals surface area contributed by atoms with Gasteiger partial charge in [0.1, 0.15) is 5.75 Å². The maximum Gasteiger partial charge on any atom is 0.230 e. The molecule has 0 aliphatic heterocycles. The maximum atomic E-state index is 14.6. The van der Waals surface area contributed by atoms with Gasteiger partial charge in [-0.25, -0.2) is 9.37 Å². The molecule has 0 saturated heterocycles. The zero-order chi connectivity index (χ0) is 27.1. The van der Waals surface area contributed by atoms with Crippen LogP contribution in [0.2, 0.25) is 0 Å². The summed E-state index contributed by atoms with van der Waals surface area (Å²) in [6.45, 7) is 4.18. The third kappa shape index (κ3) is 6.94. The SMILES string of the molecule is CCOc1ccc(CC(=O)Nc2n[nH]c3ccc(Nc4nc(N(C)CCCN(C)C)ncc4F)cc23)cc1. The Hall–Kier alpha value is -4.25. The Bertz CT molecular complexity index is 1370. The molecule has 0 atom stereocenters. The van der Waals surface area contributed by atoms with Crippen LogP contribution < -0.4 is 20.3 Å². The predicted octanol–water partition coefficient (Wildman–Crippen LogP) is 4.20. The van der Waals surface area contributed by atoms with Crippen LogP contribution in [0.3, 0.4) is 0 Å². The van der Waals surface area contributed by atoms with Gasteiger partial charge in [0.05, 0.1) is 24.7 Å². The summed E-state index contributed by atoms with van der Waals surface area (Å²) in [7, 11) is 5.92. The summed E-state index contributed by atoms with van der Waals surface area (Å²) in [6.07, 6.45) is 2.28. The Labute approximate surface area is 221 Å². The summed E-state index contributed by atoms with van der Waals surface area (Å²) in [5, 5.41) is 13.7. The molecule has 1 amide bonds. The number of rotatable bonds is 12. The third-order valence-corrected chi connectivity index (χ3v) is 5.85. The summed E-state index contributed by atoms with van der Waals surface area (Å²) in [4.78, 5) is 25.2. The number of ether oxygens (including phenoxy) is 1. The smallest absolute Gasteiger partial charge is 0.230 e. The number of anilines is 4. The van der Waals surface area contributed by atoms with E-state index in [0.29, 0.717) is 29.4 Å². The number of carbonyl (C=O) groups is 1. The number of H-pyrrole nitrogens is 1. The molecule has 0 aliphatic carbocycles. The third-order valence-electron chi connectivity index (χ3n) is 5.85. The number of hydrogen-bond donors (Lipinski definition) is 3. The average molecular weight is 521 g/mol. The highest BCUT2D eigenvalue weighted by atomic mass is 19.1. The fourth-order valence-electron chi connectivity index (χ4n) is 3.91.